The fraction of sp³-hybridized carbons (Fsp3) is 0.320. The van der Waals surface area contributed by atoms with E-state index in [1.165, 1.54) is 0 Å². The van der Waals surface area contributed by atoms with Gasteiger partial charge in [-0.1, -0.05) is 37.6 Å². The summed E-state index contributed by atoms with van der Waals surface area (Å²) < 4.78 is 0. The molecule has 1 aliphatic rings. The lowest BCUT2D eigenvalue weighted by atomic mass is 10.0. The van der Waals surface area contributed by atoms with Crippen LogP contribution in [0.5, 0.6) is 0 Å². The van der Waals surface area contributed by atoms with Crippen LogP contribution in [0.15, 0.2) is 60.9 Å². The Morgan fingerprint density at radius 1 is 0.867 bits per heavy atom. The average Bonchev–Trinajstić information content (AvgIpc) is 2.82. The number of pyridine rings is 1. The Morgan fingerprint density at radius 2 is 1.57 bits per heavy atom. The SMILES string of the molecule is CCCCC(=O)N1CCN(C(=O)c2ccc(-c3ccc4cnccc4c3)cc2)CC1. The smallest absolute Gasteiger partial charge is 0.253 e. The number of rotatable bonds is 5. The number of hydrogen-bond donors (Lipinski definition) is 0. The number of hydrogen-bond acceptors (Lipinski definition) is 3. The first kappa shape index (κ1) is 20.1. The highest BCUT2D eigenvalue weighted by Crippen LogP contribution is 2.24. The highest BCUT2D eigenvalue weighted by Gasteiger charge is 2.24. The van der Waals surface area contributed by atoms with Gasteiger partial charge in [-0.3, -0.25) is 14.6 Å². The van der Waals surface area contributed by atoms with Crippen molar-refractivity contribution in [3.63, 3.8) is 0 Å². The molecule has 2 heterocycles. The minimum Gasteiger partial charge on any atom is -0.339 e. The van der Waals surface area contributed by atoms with E-state index >= 15 is 0 Å². The van der Waals surface area contributed by atoms with Crippen LogP contribution in [0.25, 0.3) is 21.9 Å². The van der Waals surface area contributed by atoms with Crippen LogP contribution in [0, 0.1) is 0 Å². The molecule has 154 valence electrons. The molecule has 5 nitrogen and oxygen atoms in total. The molecule has 0 atom stereocenters. The molecule has 0 aliphatic carbocycles. The van der Waals surface area contributed by atoms with Gasteiger partial charge in [0.05, 0.1) is 0 Å². The zero-order valence-electron chi connectivity index (χ0n) is 17.4. The Morgan fingerprint density at radius 3 is 2.30 bits per heavy atom. The van der Waals surface area contributed by atoms with Crippen molar-refractivity contribution >= 4 is 22.6 Å². The number of carbonyl (C=O) groups excluding carboxylic acids is 2. The molecule has 0 unspecified atom stereocenters. The lowest BCUT2D eigenvalue weighted by Crippen LogP contribution is -2.50. The van der Waals surface area contributed by atoms with Gasteiger partial charge in [-0.15, -0.1) is 0 Å². The minimum atomic E-state index is 0.0341. The van der Waals surface area contributed by atoms with E-state index in [4.69, 9.17) is 0 Å². The van der Waals surface area contributed by atoms with Gasteiger partial charge in [0.1, 0.15) is 0 Å². The highest BCUT2D eigenvalue weighted by molar-refractivity contribution is 5.95. The molecule has 1 aromatic heterocycles. The van der Waals surface area contributed by atoms with Crippen molar-refractivity contribution in [3.05, 3.63) is 66.5 Å². The van der Waals surface area contributed by atoms with Crippen LogP contribution in [0.2, 0.25) is 0 Å². The standard InChI is InChI=1S/C25H27N3O2/c1-2-3-4-24(29)27-13-15-28(16-14-27)25(30)20-7-5-19(6-8-20)21-9-10-23-18-26-12-11-22(23)17-21/h5-12,17-18H,2-4,13-16H2,1H3. The van der Waals surface area contributed by atoms with Gasteiger partial charge in [-0.2, -0.15) is 0 Å². The number of fused-ring (bicyclic) bond motifs is 1. The van der Waals surface area contributed by atoms with Crippen LogP contribution < -0.4 is 0 Å². The van der Waals surface area contributed by atoms with Gasteiger partial charge < -0.3 is 9.80 Å². The predicted octanol–water partition coefficient (Wildman–Crippen LogP) is 4.38. The van der Waals surface area contributed by atoms with Crippen LogP contribution in [-0.2, 0) is 4.79 Å². The third-order valence-electron chi connectivity index (χ3n) is 5.77. The number of unbranched alkanes of at least 4 members (excludes halogenated alkanes) is 1. The molecule has 1 saturated heterocycles. The summed E-state index contributed by atoms with van der Waals surface area (Å²) in [6.45, 7) is 4.53. The van der Waals surface area contributed by atoms with E-state index < -0.39 is 0 Å². The van der Waals surface area contributed by atoms with Gasteiger partial charge in [0.2, 0.25) is 5.91 Å². The Balaban J connectivity index is 1.40. The maximum absolute atomic E-state index is 12.9. The van der Waals surface area contributed by atoms with E-state index in [9.17, 15) is 9.59 Å². The largest absolute Gasteiger partial charge is 0.339 e. The average molecular weight is 402 g/mol. The molecule has 0 saturated carbocycles. The molecular weight excluding hydrogens is 374 g/mol. The molecule has 1 fully saturated rings. The lowest BCUT2D eigenvalue weighted by Gasteiger charge is -2.35. The van der Waals surface area contributed by atoms with Gasteiger partial charge in [0.15, 0.2) is 0 Å². The van der Waals surface area contributed by atoms with Crippen LogP contribution in [-0.4, -0.2) is 52.8 Å². The maximum atomic E-state index is 12.9. The quantitative estimate of drug-likeness (QED) is 0.638. The second kappa shape index (κ2) is 9.08. The molecule has 1 aliphatic heterocycles. The molecule has 2 aromatic carbocycles. The summed E-state index contributed by atoms with van der Waals surface area (Å²) in [7, 11) is 0. The third kappa shape index (κ3) is 4.35. The first-order valence-corrected chi connectivity index (χ1v) is 10.7. The Hall–Kier alpha value is -3.21. The molecule has 5 heteroatoms. The van der Waals surface area contributed by atoms with E-state index in [0.717, 1.165) is 34.7 Å². The molecular formula is C25H27N3O2. The fourth-order valence-electron chi connectivity index (χ4n) is 3.90. The molecule has 0 N–H and O–H groups in total. The zero-order valence-corrected chi connectivity index (χ0v) is 17.4. The minimum absolute atomic E-state index is 0.0341. The summed E-state index contributed by atoms with van der Waals surface area (Å²) in [4.78, 5) is 33.0. The van der Waals surface area contributed by atoms with E-state index in [1.54, 1.807) is 6.20 Å². The predicted molar refractivity (Wildman–Crippen MR) is 119 cm³/mol. The molecule has 3 aromatic rings. The lowest BCUT2D eigenvalue weighted by molar-refractivity contribution is -0.132. The van der Waals surface area contributed by atoms with Gasteiger partial charge >= 0.3 is 0 Å². The monoisotopic (exact) mass is 401 g/mol. The van der Waals surface area contributed by atoms with Gasteiger partial charge in [0.25, 0.3) is 5.91 Å². The summed E-state index contributed by atoms with van der Waals surface area (Å²) in [5.74, 6) is 0.242. The number of benzene rings is 2. The first-order valence-electron chi connectivity index (χ1n) is 10.7. The first-order chi connectivity index (χ1) is 14.7. The number of amides is 2. The van der Waals surface area contributed by atoms with E-state index in [0.29, 0.717) is 38.2 Å². The summed E-state index contributed by atoms with van der Waals surface area (Å²) in [6.07, 6.45) is 6.22. The Labute approximate surface area is 177 Å². The molecule has 0 bridgehead atoms. The van der Waals surface area contributed by atoms with E-state index in [2.05, 4.69) is 30.1 Å². The van der Waals surface area contributed by atoms with Gasteiger partial charge in [0, 0.05) is 55.9 Å². The van der Waals surface area contributed by atoms with Crippen LogP contribution in [0.1, 0.15) is 36.5 Å². The Bertz CT molecular complexity index is 1040. The fourth-order valence-corrected chi connectivity index (χ4v) is 3.90. The van der Waals surface area contributed by atoms with Gasteiger partial charge in [-0.05, 0) is 47.2 Å². The number of aromatic nitrogens is 1. The number of carbonyl (C=O) groups is 2. The van der Waals surface area contributed by atoms with Crippen molar-refractivity contribution in [2.75, 3.05) is 26.2 Å². The summed E-state index contributed by atoms with van der Waals surface area (Å²) in [6, 6.07) is 16.1. The number of nitrogens with zero attached hydrogens (tertiary/aromatic N) is 3. The van der Waals surface area contributed by atoms with Gasteiger partial charge in [-0.25, -0.2) is 0 Å². The molecule has 30 heavy (non-hydrogen) atoms. The molecule has 0 spiro atoms. The second-order valence-electron chi connectivity index (χ2n) is 7.79. The Kier molecular flexibility index (Phi) is 6.07. The molecule has 2 amide bonds. The highest BCUT2D eigenvalue weighted by atomic mass is 16.2. The van der Waals surface area contributed by atoms with Crippen LogP contribution >= 0.6 is 0 Å². The van der Waals surface area contributed by atoms with Crippen molar-refractivity contribution in [2.24, 2.45) is 0 Å². The maximum Gasteiger partial charge on any atom is 0.253 e. The molecule has 4 rings (SSSR count). The normalized spacial score (nSPS) is 14.2. The number of piperazine rings is 1. The van der Waals surface area contributed by atoms with E-state index in [-0.39, 0.29) is 11.8 Å². The van der Waals surface area contributed by atoms with Crippen molar-refractivity contribution < 1.29 is 9.59 Å². The second-order valence-corrected chi connectivity index (χ2v) is 7.79. The topological polar surface area (TPSA) is 53.5 Å². The third-order valence-corrected chi connectivity index (χ3v) is 5.77. The summed E-state index contributed by atoms with van der Waals surface area (Å²) in [5, 5.41) is 2.26. The summed E-state index contributed by atoms with van der Waals surface area (Å²) in [5.41, 5.74) is 2.89. The van der Waals surface area contributed by atoms with Crippen molar-refractivity contribution in [3.8, 4) is 11.1 Å². The van der Waals surface area contributed by atoms with E-state index in [1.807, 2.05) is 46.3 Å². The van der Waals surface area contributed by atoms with Crippen LogP contribution in [0.3, 0.4) is 0 Å². The summed E-state index contributed by atoms with van der Waals surface area (Å²) >= 11 is 0. The van der Waals surface area contributed by atoms with Crippen molar-refractivity contribution in [2.45, 2.75) is 26.2 Å². The van der Waals surface area contributed by atoms with Crippen molar-refractivity contribution in [1.82, 2.24) is 14.8 Å². The molecule has 0 radical (unpaired) electrons. The zero-order chi connectivity index (χ0) is 20.9. The van der Waals surface area contributed by atoms with Crippen molar-refractivity contribution in [1.29, 1.82) is 0 Å². The van der Waals surface area contributed by atoms with Crippen LogP contribution in [0.4, 0.5) is 0 Å².